The van der Waals surface area contributed by atoms with Gasteiger partial charge in [-0.25, -0.2) is 0 Å². The third-order valence-electron chi connectivity index (χ3n) is 6.00. The van der Waals surface area contributed by atoms with E-state index in [1.807, 2.05) is 32.0 Å². The fourth-order valence-corrected chi connectivity index (χ4v) is 4.09. The average Bonchev–Trinajstić information content (AvgIpc) is 3.08. The zero-order valence-electron chi connectivity index (χ0n) is 19.7. The molecule has 0 spiro atoms. The number of carbonyl (C=O) groups is 1. The zero-order valence-corrected chi connectivity index (χ0v) is 19.7. The van der Waals surface area contributed by atoms with E-state index in [1.54, 1.807) is 42.7 Å². The Bertz CT molecular complexity index is 975. The van der Waals surface area contributed by atoms with E-state index in [1.165, 1.54) is 0 Å². The van der Waals surface area contributed by atoms with Crippen molar-refractivity contribution in [1.82, 2.24) is 0 Å². The Hall–Kier alpha value is -3.29. The van der Waals surface area contributed by atoms with Crippen molar-refractivity contribution in [2.45, 2.75) is 20.0 Å². The first-order chi connectivity index (χ1) is 15.4. The molecule has 8 nitrogen and oxygen atoms in total. The summed E-state index contributed by atoms with van der Waals surface area (Å²) in [6.07, 6.45) is -0.500. The number of benzene rings is 2. The molecule has 0 N–H and O–H groups in total. The van der Waals surface area contributed by atoms with E-state index in [4.69, 9.17) is 33.2 Å². The molecule has 0 unspecified atom stereocenters. The van der Waals surface area contributed by atoms with Gasteiger partial charge in [-0.05, 0) is 23.8 Å². The quantitative estimate of drug-likeness (QED) is 0.556. The van der Waals surface area contributed by atoms with Gasteiger partial charge in [0.05, 0.1) is 48.6 Å². The first-order valence-electron chi connectivity index (χ1n) is 10.2. The Balaban J connectivity index is 2.39. The summed E-state index contributed by atoms with van der Waals surface area (Å²) >= 11 is 0. The van der Waals surface area contributed by atoms with Crippen LogP contribution in [0.15, 0.2) is 18.2 Å². The van der Waals surface area contributed by atoms with Crippen molar-refractivity contribution in [2.24, 2.45) is 11.8 Å². The van der Waals surface area contributed by atoms with Crippen LogP contribution in [0, 0.1) is 11.8 Å². The predicted molar refractivity (Wildman–Crippen MR) is 118 cm³/mol. The van der Waals surface area contributed by atoms with Crippen LogP contribution in [0.4, 0.5) is 0 Å². The van der Waals surface area contributed by atoms with Crippen LogP contribution < -0.4 is 28.4 Å². The molecular formula is C24H30O8. The molecule has 1 fully saturated rings. The van der Waals surface area contributed by atoms with Gasteiger partial charge in [0.1, 0.15) is 6.10 Å². The minimum absolute atomic E-state index is 0.0638. The maximum absolute atomic E-state index is 12.4. The van der Waals surface area contributed by atoms with E-state index in [0.29, 0.717) is 40.1 Å². The van der Waals surface area contributed by atoms with E-state index in [9.17, 15) is 4.79 Å². The van der Waals surface area contributed by atoms with Crippen molar-refractivity contribution in [2.75, 3.05) is 42.7 Å². The highest BCUT2D eigenvalue weighted by atomic mass is 16.6. The SMILES string of the molecule is COc1cc(-c2c([C@@H]3OC(=O)[C@H](C)[C@@H]3C)cc(OC)c(OC)c2OC)cc(OC)c1OC. The lowest BCUT2D eigenvalue weighted by Crippen LogP contribution is -2.11. The Morgan fingerprint density at radius 1 is 0.688 bits per heavy atom. The highest BCUT2D eigenvalue weighted by Gasteiger charge is 2.42. The van der Waals surface area contributed by atoms with Gasteiger partial charge in [-0.1, -0.05) is 13.8 Å². The number of hydrogen-bond acceptors (Lipinski definition) is 8. The molecule has 1 aliphatic rings. The van der Waals surface area contributed by atoms with Crippen LogP contribution in [0.25, 0.3) is 11.1 Å². The number of hydrogen-bond donors (Lipinski definition) is 0. The molecule has 3 atom stereocenters. The van der Waals surface area contributed by atoms with Crippen LogP contribution >= 0.6 is 0 Å². The molecule has 1 saturated heterocycles. The van der Waals surface area contributed by atoms with Crippen LogP contribution in [0.5, 0.6) is 34.5 Å². The van der Waals surface area contributed by atoms with Crippen LogP contribution in [-0.4, -0.2) is 48.6 Å². The molecule has 0 amide bonds. The van der Waals surface area contributed by atoms with E-state index >= 15 is 0 Å². The summed E-state index contributed by atoms with van der Waals surface area (Å²) in [5, 5.41) is 0. The summed E-state index contributed by atoms with van der Waals surface area (Å²) in [5.41, 5.74) is 2.14. The summed E-state index contributed by atoms with van der Waals surface area (Å²) in [7, 11) is 9.29. The van der Waals surface area contributed by atoms with Gasteiger partial charge in [-0.2, -0.15) is 0 Å². The molecule has 0 radical (unpaired) electrons. The molecule has 0 bridgehead atoms. The second-order valence-electron chi connectivity index (χ2n) is 7.53. The minimum atomic E-state index is -0.500. The molecule has 32 heavy (non-hydrogen) atoms. The van der Waals surface area contributed by atoms with E-state index in [2.05, 4.69) is 0 Å². The predicted octanol–water partition coefficient (Wildman–Crippen LogP) is 4.28. The zero-order chi connectivity index (χ0) is 23.6. The third kappa shape index (κ3) is 3.74. The summed E-state index contributed by atoms with van der Waals surface area (Å²) in [6, 6.07) is 5.46. The molecule has 2 aromatic rings. The van der Waals surface area contributed by atoms with Gasteiger partial charge in [-0.3, -0.25) is 4.79 Å². The molecule has 8 heteroatoms. The lowest BCUT2D eigenvalue weighted by molar-refractivity contribution is -0.144. The molecule has 3 rings (SSSR count). The van der Waals surface area contributed by atoms with Crippen molar-refractivity contribution in [1.29, 1.82) is 0 Å². The second kappa shape index (κ2) is 9.46. The number of rotatable bonds is 8. The Morgan fingerprint density at radius 2 is 1.19 bits per heavy atom. The third-order valence-corrected chi connectivity index (χ3v) is 6.00. The maximum atomic E-state index is 12.4. The van der Waals surface area contributed by atoms with Gasteiger partial charge in [0.2, 0.25) is 11.5 Å². The molecule has 1 heterocycles. The maximum Gasteiger partial charge on any atom is 0.309 e. The number of methoxy groups -OCH3 is 6. The number of carbonyl (C=O) groups excluding carboxylic acids is 1. The number of cyclic esters (lactones) is 1. The Kier molecular flexibility index (Phi) is 6.91. The van der Waals surface area contributed by atoms with Crippen molar-refractivity contribution < 1.29 is 38.0 Å². The lowest BCUT2D eigenvalue weighted by Gasteiger charge is -2.25. The van der Waals surface area contributed by atoms with Crippen molar-refractivity contribution in [3.8, 4) is 45.6 Å². The highest BCUT2D eigenvalue weighted by Crippen LogP contribution is 2.54. The fraction of sp³-hybridized carbons (Fsp3) is 0.458. The Morgan fingerprint density at radius 3 is 1.59 bits per heavy atom. The minimum Gasteiger partial charge on any atom is -0.493 e. The lowest BCUT2D eigenvalue weighted by atomic mass is 9.85. The number of ether oxygens (including phenoxy) is 7. The molecule has 1 aliphatic heterocycles. The molecular weight excluding hydrogens is 416 g/mol. The standard InChI is InChI=1S/C24H30O8/c1-12-13(2)24(25)32-20(12)15-11-18(28-5)22(30-7)23(31-8)19(15)14-9-16(26-3)21(29-6)17(10-14)27-4/h9-13,20H,1-8H3/t12-,13+,20+/m0/s1. The van der Waals surface area contributed by atoms with E-state index in [-0.39, 0.29) is 17.8 Å². The normalized spacial score (nSPS) is 19.9. The summed E-state index contributed by atoms with van der Waals surface area (Å²) < 4.78 is 39.3. The van der Waals surface area contributed by atoms with Crippen LogP contribution in [-0.2, 0) is 9.53 Å². The van der Waals surface area contributed by atoms with Crippen LogP contribution in [0.1, 0.15) is 25.5 Å². The van der Waals surface area contributed by atoms with Crippen LogP contribution in [0.3, 0.4) is 0 Å². The molecule has 0 aromatic heterocycles. The summed E-state index contributed by atoms with van der Waals surface area (Å²) in [5.74, 6) is 2.22. The van der Waals surface area contributed by atoms with Gasteiger partial charge in [0.15, 0.2) is 23.0 Å². The first-order valence-corrected chi connectivity index (χ1v) is 10.2. The topological polar surface area (TPSA) is 81.7 Å². The molecule has 0 saturated carbocycles. The van der Waals surface area contributed by atoms with Gasteiger partial charge in [0.25, 0.3) is 0 Å². The van der Waals surface area contributed by atoms with Gasteiger partial charge < -0.3 is 33.2 Å². The fourth-order valence-electron chi connectivity index (χ4n) is 4.09. The van der Waals surface area contributed by atoms with E-state index < -0.39 is 6.10 Å². The second-order valence-corrected chi connectivity index (χ2v) is 7.53. The first kappa shape index (κ1) is 23.4. The van der Waals surface area contributed by atoms with Gasteiger partial charge >= 0.3 is 5.97 Å². The van der Waals surface area contributed by atoms with Crippen molar-refractivity contribution >= 4 is 5.97 Å². The highest BCUT2D eigenvalue weighted by molar-refractivity contribution is 5.84. The van der Waals surface area contributed by atoms with Crippen molar-refractivity contribution in [3.05, 3.63) is 23.8 Å². The Labute approximate surface area is 188 Å². The van der Waals surface area contributed by atoms with Gasteiger partial charge in [0, 0.05) is 17.0 Å². The number of esters is 1. The average molecular weight is 446 g/mol. The molecule has 174 valence electrons. The molecule has 2 aromatic carbocycles. The summed E-state index contributed by atoms with van der Waals surface area (Å²) in [6.45, 7) is 3.85. The largest absolute Gasteiger partial charge is 0.493 e. The monoisotopic (exact) mass is 446 g/mol. The van der Waals surface area contributed by atoms with E-state index in [0.717, 1.165) is 11.1 Å². The smallest absolute Gasteiger partial charge is 0.309 e. The van der Waals surface area contributed by atoms with Crippen molar-refractivity contribution in [3.63, 3.8) is 0 Å². The summed E-state index contributed by atoms with van der Waals surface area (Å²) in [4.78, 5) is 12.4. The molecule has 0 aliphatic carbocycles. The van der Waals surface area contributed by atoms with Crippen LogP contribution in [0.2, 0.25) is 0 Å². The van der Waals surface area contributed by atoms with Gasteiger partial charge in [-0.15, -0.1) is 0 Å².